The highest BCUT2D eigenvalue weighted by Gasteiger charge is 2.48. The summed E-state index contributed by atoms with van der Waals surface area (Å²) in [7, 11) is 0.398. The third kappa shape index (κ3) is 14.6. The summed E-state index contributed by atoms with van der Waals surface area (Å²) < 4.78 is 57.3. The molecule has 0 N–H and O–H groups in total. The van der Waals surface area contributed by atoms with Crippen molar-refractivity contribution in [2.75, 3.05) is 20.8 Å². The second-order valence-electron chi connectivity index (χ2n) is 16.8. The van der Waals surface area contributed by atoms with Gasteiger partial charge in [-0.25, -0.2) is 9.59 Å². The zero-order valence-electron chi connectivity index (χ0n) is 37.8. The van der Waals surface area contributed by atoms with Crippen molar-refractivity contribution in [1.82, 2.24) is 0 Å². The van der Waals surface area contributed by atoms with Crippen LogP contribution in [0.1, 0.15) is 56.1 Å². The van der Waals surface area contributed by atoms with Crippen LogP contribution in [0.2, 0.25) is 18.1 Å². The molecule has 1 saturated heterocycles. The second kappa shape index (κ2) is 24.3. The molecule has 0 bridgehead atoms. The summed E-state index contributed by atoms with van der Waals surface area (Å²) in [6.45, 7) is 13.3. The second-order valence-corrected chi connectivity index (χ2v) is 21.5. The fourth-order valence-corrected chi connectivity index (χ4v) is 8.01. The molecule has 0 radical (unpaired) electrons. The summed E-state index contributed by atoms with van der Waals surface area (Å²) in [5.74, 6) is -1.25. The van der Waals surface area contributed by atoms with Gasteiger partial charge in [0, 0.05) is 20.3 Å². The van der Waals surface area contributed by atoms with E-state index in [4.69, 9.17) is 42.3 Å². The Hall–Kier alpha value is -4.76. The number of benzene rings is 4. The third-order valence-electron chi connectivity index (χ3n) is 11.2. The smallest absolute Gasteiger partial charge is 0.340 e. The number of carbonyl (C=O) groups excluding carboxylic acids is 2. The lowest BCUT2D eigenvalue weighted by molar-refractivity contribution is -0.309. The van der Waals surface area contributed by atoms with Crippen molar-refractivity contribution >= 4 is 20.3 Å². The van der Waals surface area contributed by atoms with E-state index in [1.807, 2.05) is 121 Å². The molecule has 0 aromatic heterocycles. The lowest BCUT2D eigenvalue weighted by Gasteiger charge is -2.45. The van der Waals surface area contributed by atoms with Gasteiger partial charge in [0.15, 0.2) is 20.7 Å². The van der Waals surface area contributed by atoms with Crippen LogP contribution in [0, 0.1) is 0 Å². The molecular weight excluding hydrogens is 817 g/mol. The molecule has 1 fully saturated rings. The molecule has 12 heteroatoms. The van der Waals surface area contributed by atoms with Gasteiger partial charge in [-0.2, -0.15) is 0 Å². The molecule has 338 valence electrons. The summed E-state index contributed by atoms with van der Waals surface area (Å²) in [6, 6.07) is 38.7. The number of methoxy groups -OCH3 is 2. The number of ether oxygens (including phenoxy) is 8. The van der Waals surface area contributed by atoms with Crippen molar-refractivity contribution in [2.45, 2.75) is 115 Å². The molecule has 0 amide bonds. The minimum Gasteiger partial charge on any atom is -0.463 e. The Balaban J connectivity index is 1.58. The van der Waals surface area contributed by atoms with Gasteiger partial charge in [0.1, 0.15) is 36.6 Å². The van der Waals surface area contributed by atoms with E-state index >= 15 is 0 Å². The van der Waals surface area contributed by atoms with Crippen molar-refractivity contribution in [1.29, 1.82) is 0 Å². The number of hydrogen-bond donors (Lipinski definition) is 0. The Kier molecular flexibility index (Phi) is 19.0. The highest BCUT2D eigenvalue weighted by molar-refractivity contribution is 6.74. The Bertz CT molecular complexity index is 2000. The van der Waals surface area contributed by atoms with Gasteiger partial charge in [0.2, 0.25) is 0 Å². The molecule has 0 saturated carbocycles. The number of hydrogen-bond acceptors (Lipinski definition) is 11. The molecule has 0 unspecified atom stereocenters. The number of carbonyl (C=O) groups is 2. The van der Waals surface area contributed by atoms with Crippen LogP contribution in [0.15, 0.2) is 146 Å². The Morgan fingerprint density at radius 2 is 1.17 bits per heavy atom. The minimum absolute atomic E-state index is 0.171. The largest absolute Gasteiger partial charge is 0.463 e. The monoisotopic (exact) mass is 880 g/mol. The van der Waals surface area contributed by atoms with E-state index < -0.39 is 69.3 Å². The van der Waals surface area contributed by atoms with E-state index in [2.05, 4.69) is 33.9 Å². The van der Waals surface area contributed by atoms with Gasteiger partial charge in [0.05, 0.1) is 26.4 Å². The molecule has 0 aliphatic carbocycles. The maximum absolute atomic E-state index is 14.1. The summed E-state index contributed by atoms with van der Waals surface area (Å²) >= 11 is 0. The van der Waals surface area contributed by atoms with Gasteiger partial charge in [-0.15, -0.1) is 0 Å². The first-order valence-corrected chi connectivity index (χ1v) is 24.4. The van der Waals surface area contributed by atoms with Crippen LogP contribution in [0.4, 0.5) is 0 Å². The number of esters is 2. The van der Waals surface area contributed by atoms with E-state index in [1.165, 1.54) is 19.3 Å². The first-order valence-electron chi connectivity index (χ1n) is 21.5. The number of rotatable bonds is 22. The Morgan fingerprint density at radius 3 is 1.65 bits per heavy atom. The third-order valence-corrected chi connectivity index (χ3v) is 15.7. The zero-order chi connectivity index (χ0) is 45.2. The molecular formula is C51H64O11Si. The molecule has 1 aliphatic rings. The summed E-state index contributed by atoms with van der Waals surface area (Å²) in [4.78, 5) is 26.8. The summed E-state index contributed by atoms with van der Waals surface area (Å²) in [5, 5.41) is -0.249. The predicted molar refractivity (Wildman–Crippen MR) is 244 cm³/mol. The highest BCUT2D eigenvalue weighted by atomic mass is 28.4. The normalized spacial score (nSPS) is 20.9. The van der Waals surface area contributed by atoms with E-state index in [1.54, 1.807) is 26.2 Å². The Labute approximate surface area is 374 Å². The predicted octanol–water partition coefficient (Wildman–Crippen LogP) is 9.48. The van der Waals surface area contributed by atoms with Crippen molar-refractivity contribution in [2.24, 2.45) is 0 Å². The van der Waals surface area contributed by atoms with Crippen LogP contribution in [0.5, 0.6) is 0 Å². The van der Waals surface area contributed by atoms with Gasteiger partial charge in [-0.3, -0.25) is 0 Å². The van der Waals surface area contributed by atoms with Crippen LogP contribution >= 0.6 is 0 Å². The maximum Gasteiger partial charge on any atom is 0.340 e. The van der Waals surface area contributed by atoms with Gasteiger partial charge in [0.25, 0.3) is 0 Å². The fraction of sp³-hybridized carbons (Fsp3) is 0.412. The maximum atomic E-state index is 14.1. The molecule has 8 atom stereocenters. The molecule has 0 spiro atoms. The van der Waals surface area contributed by atoms with Gasteiger partial charge in [-0.1, -0.05) is 154 Å². The first-order chi connectivity index (χ1) is 30.3. The molecule has 11 nitrogen and oxygen atoms in total. The van der Waals surface area contributed by atoms with E-state index in [-0.39, 0.29) is 31.5 Å². The van der Waals surface area contributed by atoms with Crippen LogP contribution in [0.25, 0.3) is 0 Å². The quantitative estimate of drug-likeness (QED) is 0.0325. The topological polar surface area (TPSA) is 117 Å². The van der Waals surface area contributed by atoms with Crippen molar-refractivity contribution in [3.8, 4) is 0 Å². The first kappa shape index (κ1) is 49.3. The van der Waals surface area contributed by atoms with E-state index in [9.17, 15) is 9.59 Å². The standard InChI is InChI=1S/C51H64O11Si/c1-9-56-44(52)33-32-41(60-49(53)45(54-5)40-28-20-13-21-29-40)42(62-63(7,8)51(2,3)4)30-31-43-46(57-34-37-22-14-10-15-23-37)47(58-35-38-24-16-11-17-25-38)48(50(55-6)61-43)59-36-39-26-18-12-19-27-39/h10-33,41-43,45-48,50H,9,34-36H2,1-8H3/b31-30+,33-32+/t41-,42-,43+,45-,46+,47-,48+,50-/m0/s1. The van der Waals surface area contributed by atoms with E-state index in [0.717, 1.165) is 16.7 Å². The van der Waals surface area contributed by atoms with Crippen molar-refractivity contribution < 1.29 is 51.9 Å². The summed E-state index contributed by atoms with van der Waals surface area (Å²) in [5.41, 5.74) is 3.52. The van der Waals surface area contributed by atoms with Crippen LogP contribution in [-0.4, -0.2) is 84.0 Å². The van der Waals surface area contributed by atoms with Crippen LogP contribution in [-0.2, 0) is 71.7 Å². The molecule has 4 aromatic carbocycles. The van der Waals surface area contributed by atoms with Crippen LogP contribution in [0.3, 0.4) is 0 Å². The molecule has 1 heterocycles. The van der Waals surface area contributed by atoms with Crippen molar-refractivity contribution in [3.05, 3.63) is 168 Å². The minimum atomic E-state index is -2.62. The van der Waals surface area contributed by atoms with E-state index in [0.29, 0.717) is 5.56 Å². The lowest BCUT2D eigenvalue weighted by Crippen LogP contribution is -2.60. The SMILES string of the molecule is CCOC(=O)/C=C/[C@H](OC(=O)[C@@H](OC)c1ccccc1)[C@H](/C=C/[C@H]1O[C@H](OC)[C@H](OCc2ccccc2)[C@@H](OCc2ccccc2)[C@@H]1OCc1ccccc1)O[Si](C)(C)C(C)(C)C. The fourth-order valence-electron chi connectivity index (χ4n) is 6.76. The van der Waals surface area contributed by atoms with Gasteiger partial charge < -0.3 is 42.3 Å². The molecule has 4 aromatic rings. The van der Waals surface area contributed by atoms with Crippen LogP contribution < -0.4 is 0 Å². The summed E-state index contributed by atoms with van der Waals surface area (Å²) in [6.07, 6.45) is -0.472. The van der Waals surface area contributed by atoms with Crippen molar-refractivity contribution in [3.63, 3.8) is 0 Å². The highest BCUT2D eigenvalue weighted by Crippen LogP contribution is 2.39. The van der Waals surface area contributed by atoms with Gasteiger partial charge in [-0.05, 0) is 53.4 Å². The Morgan fingerprint density at radius 1 is 0.683 bits per heavy atom. The molecule has 63 heavy (non-hydrogen) atoms. The molecule has 1 aliphatic heterocycles. The zero-order valence-corrected chi connectivity index (χ0v) is 38.8. The average molecular weight is 881 g/mol. The molecule has 5 rings (SSSR count). The average Bonchev–Trinajstić information content (AvgIpc) is 3.28. The van der Waals surface area contributed by atoms with Gasteiger partial charge >= 0.3 is 11.9 Å². The lowest BCUT2D eigenvalue weighted by atomic mass is 9.96.